The van der Waals surface area contributed by atoms with Gasteiger partial charge in [-0.2, -0.15) is 0 Å². The maximum absolute atomic E-state index is 12.4. The molecular weight excluding hydrogens is 292 g/mol. The van der Waals surface area contributed by atoms with Crippen molar-refractivity contribution in [1.29, 1.82) is 0 Å². The molecule has 2 unspecified atom stereocenters. The van der Waals surface area contributed by atoms with Crippen LogP contribution in [-0.2, 0) is 9.53 Å². The minimum atomic E-state index is -0.196. The second-order valence-electron chi connectivity index (χ2n) is 4.52. The second-order valence-corrected chi connectivity index (χ2v) is 5.89. The molecule has 0 bridgehead atoms. The predicted molar refractivity (Wildman–Crippen MR) is 76.5 cm³/mol. The lowest BCUT2D eigenvalue weighted by Crippen LogP contribution is -2.21. The van der Waals surface area contributed by atoms with Crippen molar-refractivity contribution in [3.63, 3.8) is 0 Å². The molecule has 96 valence electrons. The van der Waals surface area contributed by atoms with Crippen LogP contribution in [0.4, 0.5) is 0 Å². The van der Waals surface area contributed by atoms with Crippen LogP contribution in [-0.4, -0.2) is 17.7 Å². The van der Waals surface area contributed by atoms with Crippen LogP contribution in [0, 0.1) is 5.92 Å². The number of alkyl halides is 1. The normalized spacial score (nSPS) is 24.2. The third-order valence-electron chi connectivity index (χ3n) is 3.30. The van der Waals surface area contributed by atoms with Crippen molar-refractivity contribution >= 4 is 21.7 Å². The molecule has 0 amide bonds. The summed E-state index contributed by atoms with van der Waals surface area (Å²) in [4.78, 5) is 12.2. The quantitative estimate of drug-likeness (QED) is 0.743. The first-order chi connectivity index (χ1) is 8.65. The van der Waals surface area contributed by atoms with Gasteiger partial charge in [0.1, 0.15) is 5.76 Å². The molecule has 0 aromatic heterocycles. The number of halogens is 1. The van der Waals surface area contributed by atoms with Crippen molar-refractivity contribution in [2.24, 2.45) is 5.92 Å². The summed E-state index contributed by atoms with van der Waals surface area (Å²) < 4.78 is 5.35. The van der Waals surface area contributed by atoms with Gasteiger partial charge in [0.15, 0.2) is 5.78 Å². The molecule has 3 heteroatoms. The van der Waals surface area contributed by atoms with E-state index >= 15 is 0 Å². The average molecular weight is 309 g/mol. The number of hydrogen-bond donors (Lipinski definition) is 0. The zero-order valence-corrected chi connectivity index (χ0v) is 12.2. The molecule has 0 saturated carbocycles. The first-order valence-corrected chi connectivity index (χ1v) is 7.08. The summed E-state index contributed by atoms with van der Waals surface area (Å²) in [6, 6.07) is 0. The highest BCUT2D eigenvalue weighted by atomic mass is 79.9. The highest BCUT2D eigenvalue weighted by Crippen LogP contribution is 2.35. The summed E-state index contributed by atoms with van der Waals surface area (Å²) >= 11 is 3.36. The molecule has 0 aliphatic heterocycles. The minimum absolute atomic E-state index is 0.0859. The first kappa shape index (κ1) is 13.3. The standard InChI is InChI=1S/C15H17BrO2/c1-10(16)15(17)14-12-7-5-3-4-6-11(12)8-9-13(14)18-2/h3,5,7-11H,4,6H2,1-2H3. The third kappa shape index (κ3) is 2.51. The number of carbonyl (C=O) groups is 1. The number of fused-ring (bicyclic) bond motifs is 1. The van der Waals surface area contributed by atoms with Crippen molar-refractivity contribution < 1.29 is 9.53 Å². The molecule has 0 aromatic rings. The summed E-state index contributed by atoms with van der Waals surface area (Å²) in [6.07, 6.45) is 12.4. The van der Waals surface area contributed by atoms with Gasteiger partial charge in [0.05, 0.1) is 17.5 Å². The van der Waals surface area contributed by atoms with E-state index in [9.17, 15) is 4.79 Å². The van der Waals surface area contributed by atoms with Crippen LogP contribution in [0.15, 0.2) is 47.3 Å². The van der Waals surface area contributed by atoms with E-state index in [1.165, 1.54) is 0 Å². The molecule has 0 fully saturated rings. The van der Waals surface area contributed by atoms with Crippen molar-refractivity contribution in [2.75, 3.05) is 7.11 Å². The van der Waals surface area contributed by atoms with Gasteiger partial charge < -0.3 is 4.74 Å². The molecule has 0 saturated heterocycles. The number of ether oxygens (including phenoxy) is 1. The molecule has 0 aromatic carbocycles. The van der Waals surface area contributed by atoms with Gasteiger partial charge in [0, 0.05) is 5.92 Å². The van der Waals surface area contributed by atoms with E-state index in [0.29, 0.717) is 11.7 Å². The number of methoxy groups -OCH3 is 1. The van der Waals surface area contributed by atoms with Gasteiger partial charge in [-0.1, -0.05) is 40.2 Å². The Hall–Kier alpha value is -1.09. The van der Waals surface area contributed by atoms with Crippen LogP contribution >= 0.6 is 15.9 Å². The monoisotopic (exact) mass is 308 g/mol. The zero-order chi connectivity index (χ0) is 13.1. The molecule has 0 radical (unpaired) electrons. The Kier molecular flexibility index (Phi) is 4.23. The molecular formula is C15H17BrO2. The van der Waals surface area contributed by atoms with Crippen LogP contribution in [0.1, 0.15) is 19.8 Å². The molecule has 2 aliphatic carbocycles. The Balaban J connectivity index is 2.49. The van der Waals surface area contributed by atoms with E-state index in [2.05, 4.69) is 28.1 Å². The zero-order valence-electron chi connectivity index (χ0n) is 10.7. The van der Waals surface area contributed by atoms with E-state index in [4.69, 9.17) is 4.74 Å². The lowest BCUT2D eigenvalue weighted by atomic mass is 9.82. The highest BCUT2D eigenvalue weighted by Gasteiger charge is 2.29. The van der Waals surface area contributed by atoms with Gasteiger partial charge in [-0.15, -0.1) is 0 Å². The van der Waals surface area contributed by atoms with Crippen LogP contribution in [0.5, 0.6) is 0 Å². The van der Waals surface area contributed by atoms with E-state index in [-0.39, 0.29) is 10.6 Å². The summed E-state index contributed by atoms with van der Waals surface area (Å²) in [6.45, 7) is 1.85. The Labute approximate surface area is 116 Å². The Bertz CT molecular complexity index is 467. The topological polar surface area (TPSA) is 26.3 Å². The predicted octanol–water partition coefficient (Wildman–Crippen LogP) is 3.70. The minimum Gasteiger partial charge on any atom is -0.496 e. The molecule has 0 N–H and O–H groups in total. The Morgan fingerprint density at radius 3 is 3.00 bits per heavy atom. The van der Waals surface area contributed by atoms with Crippen molar-refractivity contribution in [3.05, 3.63) is 47.3 Å². The van der Waals surface area contributed by atoms with Crippen molar-refractivity contribution in [1.82, 2.24) is 0 Å². The number of Topliss-reactive ketones (excluding diaryl/α,β-unsaturated/α-hetero) is 1. The first-order valence-electron chi connectivity index (χ1n) is 6.17. The van der Waals surface area contributed by atoms with Gasteiger partial charge in [0.25, 0.3) is 0 Å². The molecule has 0 spiro atoms. The Morgan fingerprint density at radius 2 is 2.33 bits per heavy atom. The summed E-state index contributed by atoms with van der Waals surface area (Å²) in [5.74, 6) is 1.08. The maximum atomic E-state index is 12.4. The average Bonchev–Trinajstić information content (AvgIpc) is 2.61. The van der Waals surface area contributed by atoms with Gasteiger partial charge in [-0.25, -0.2) is 0 Å². The highest BCUT2D eigenvalue weighted by molar-refractivity contribution is 9.10. The molecule has 0 heterocycles. The van der Waals surface area contributed by atoms with E-state index < -0.39 is 0 Å². The van der Waals surface area contributed by atoms with E-state index in [0.717, 1.165) is 24.0 Å². The molecule has 2 rings (SSSR count). The lowest BCUT2D eigenvalue weighted by molar-refractivity contribution is -0.114. The smallest absolute Gasteiger partial charge is 0.180 e. The maximum Gasteiger partial charge on any atom is 0.180 e. The summed E-state index contributed by atoms with van der Waals surface area (Å²) in [5.41, 5.74) is 1.81. The van der Waals surface area contributed by atoms with Crippen LogP contribution in [0.2, 0.25) is 0 Å². The van der Waals surface area contributed by atoms with Crippen molar-refractivity contribution in [3.8, 4) is 0 Å². The fourth-order valence-electron chi connectivity index (χ4n) is 2.35. The molecule has 2 nitrogen and oxygen atoms in total. The SMILES string of the molecule is COC1=C(C(=O)C(C)Br)C2=CC=CCCC2C=C1. The number of ketones is 1. The van der Waals surface area contributed by atoms with Gasteiger partial charge in [-0.05, 0) is 31.4 Å². The van der Waals surface area contributed by atoms with Crippen LogP contribution in [0.25, 0.3) is 0 Å². The molecule has 2 atom stereocenters. The number of carbonyl (C=O) groups excluding carboxylic acids is 1. The van der Waals surface area contributed by atoms with E-state index in [1.54, 1.807) is 7.11 Å². The van der Waals surface area contributed by atoms with Crippen LogP contribution in [0.3, 0.4) is 0 Å². The van der Waals surface area contributed by atoms with Gasteiger partial charge in [0.2, 0.25) is 0 Å². The number of hydrogen-bond acceptors (Lipinski definition) is 2. The van der Waals surface area contributed by atoms with Gasteiger partial charge >= 0.3 is 0 Å². The third-order valence-corrected chi connectivity index (χ3v) is 3.71. The second kappa shape index (κ2) is 5.70. The number of allylic oxidation sites excluding steroid dienone is 7. The summed E-state index contributed by atoms with van der Waals surface area (Å²) in [5, 5.41) is 0. The molecule has 18 heavy (non-hydrogen) atoms. The van der Waals surface area contributed by atoms with Gasteiger partial charge in [-0.3, -0.25) is 4.79 Å². The largest absolute Gasteiger partial charge is 0.496 e. The van der Waals surface area contributed by atoms with E-state index in [1.807, 2.05) is 25.2 Å². The van der Waals surface area contributed by atoms with Crippen molar-refractivity contribution in [2.45, 2.75) is 24.6 Å². The summed E-state index contributed by atoms with van der Waals surface area (Å²) in [7, 11) is 1.61. The lowest BCUT2D eigenvalue weighted by Gasteiger charge is -2.24. The molecule has 2 aliphatic rings. The Morgan fingerprint density at radius 1 is 1.56 bits per heavy atom. The fourth-order valence-corrected chi connectivity index (χ4v) is 2.58. The van der Waals surface area contributed by atoms with Crippen LogP contribution < -0.4 is 0 Å². The fraction of sp³-hybridized carbons (Fsp3) is 0.400. The number of rotatable bonds is 3.